The average Bonchev–Trinajstić information content (AvgIpc) is 2.93. The van der Waals surface area contributed by atoms with Crippen molar-refractivity contribution in [3.05, 3.63) is 41.7 Å². The van der Waals surface area contributed by atoms with Gasteiger partial charge in [0, 0.05) is 17.8 Å². The summed E-state index contributed by atoms with van der Waals surface area (Å²) >= 11 is 0. The highest BCUT2D eigenvalue weighted by Gasteiger charge is 2.15. The van der Waals surface area contributed by atoms with Gasteiger partial charge >= 0.3 is 0 Å². The molecule has 1 aromatic carbocycles. The summed E-state index contributed by atoms with van der Waals surface area (Å²) in [7, 11) is 0. The molecule has 0 radical (unpaired) electrons. The van der Waals surface area contributed by atoms with Crippen molar-refractivity contribution in [1.29, 1.82) is 0 Å². The van der Waals surface area contributed by atoms with Crippen molar-refractivity contribution in [2.24, 2.45) is 0 Å². The first-order valence-electron chi connectivity index (χ1n) is 7.65. The standard InChI is InChI=1S/C17H22N4/c1-12-7-3-6-10-15(12)21-17-11-16(18-13(2)19-17)20-14-8-4-5-9-14/h3,6-7,10-11,14H,4-5,8-9H2,1-2H3,(H2,18,19,20,21). The highest BCUT2D eigenvalue weighted by Crippen LogP contribution is 2.24. The summed E-state index contributed by atoms with van der Waals surface area (Å²) in [5.41, 5.74) is 2.29. The van der Waals surface area contributed by atoms with E-state index in [2.05, 4.69) is 39.7 Å². The Hall–Kier alpha value is -2.10. The number of para-hydroxylation sites is 1. The highest BCUT2D eigenvalue weighted by molar-refractivity contribution is 5.62. The molecule has 1 heterocycles. The van der Waals surface area contributed by atoms with Crippen LogP contribution in [0.2, 0.25) is 0 Å². The summed E-state index contributed by atoms with van der Waals surface area (Å²) in [6.45, 7) is 4.02. The van der Waals surface area contributed by atoms with Gasteiger partial charge in [-0.15, -0.1) is 0 Å². The zero-order chi connectivity index (χ0) is 14.7. The summed E-state index contributed by atoms with van der Waals surface area (Å²) in [4.78, 5) is 8.98. The van der Waals surface area contributed by atoms with Gasteiger partial charge in [0.25, 0.3) is 0 Å². The van der Waals surface area contributed by atoms with E-state index < -0.39 is 0 Å². The molecule has 4 nitrogen and oxygen atoms in total. The molecule has 0 unspecified atom stereocenters. The van der Waals surface area contributed by atoms with Gasteiger partial charge in [0.2, 0.25) is 0 Å². The van der Waals surface area contributed by atoms with Gasteiger partial charge in [-0.3, -0.25) is 0 Å². The van der Waals surface area contributed by atoms with Gasteiger partial charge in [-0.1, -0.05) is 31.0 Å². The third-order valence-electron chi connectivity index (χ3n) is 3.95. The predicted molar refractivity (Wildman–Crippen MR) is 87.1 cm³/mol. The first-order valence-corrected chi connectivity index (χ1v) is 7.65. The van der Waals surface area contributed by atoms with Crippen molar-refractivity contribution in [1.82, 2.24) is 9.97 Å². The lowest BCUT2D eigenvalue weighted by Gasteiger charge is -2.15. The number of nitrogens with one attached hydrogen (secondary N) is 2. The quantitative estimate of drug-likeness (QED) is 0.882. The van der Waals surface area contributed by atoms with E-state index in [0.717, 1.165) is 23.1 Å². The van der Waals surface area contributed by atoms with E-state index in [0.29, 0.717) is 6.04 Å². The molecule has 0 aliphatic heterocycles. The molecule has 4 heteroatoms. The average molecular weight is 282 g/mol. The SMILES string of the molecule is Cc1nc(Nc2ccccc2C)cc(NC2CCCC2)n1. The molecule has 0 saturated heterocycles. The molecule has 21 heavy (non-hydrogen) atoms. The Morgan fingerprint density at radius 2 is 1.71 bits per heavy atom. The molecule has 2 N–H and O–H groups in total. The lowest BCUT2D eigenvalue weighted by atomic mass is 10.2. The fourth-order valence-electron chi connectivity index (χ4n) is 2.84. The molecule has 1 aromatic heterocycles. The Balaban J connectivity index is 1.79. The first-order chi connectivity index (χ1) is 10.2. The number of anilines is 3. The molecule has 1 aliphatic carbocycles. The van der Waals surface area contributed by atoms with Crippen molar-refractivity contribution in [2.45, 2.75) is 45.6 Å². The summed E-state index contributed by atoms with van der Waals surface area (Å²) in [6, 6.07) is 10.8. The molecule has 0 bridgehead atoms. The second kappa shape index (κ2) is 6.12. The van der Waals surface area contributed by atoms with E-state index in [1.165, 1.54) is 31.2 Å². The van der Waals surface area contributed by atoms with Gasteiger partial charge in [-0.25, -0.2) is 9.97 Å². The van der Waals surface area contributed by atoms with Crippen LogP contribution >= 0.6 is 0 Å². The molecule has 0 atom stereocenters. The lowest BCUT2D eigenvalue weighted by Crippen LogP contribution is -2.16. The van der Waals surface area contributed by atoms with Crippen molar-refractivity contribution in [2.75, 3.05) is 10.6 Å². The normalized spacial score (nSPS) is 15.1. The van der Waals surface area contributed by atoms with Crippen molar-refractivity contribution in [3.8, 4) is 0 Å². The minimum atomic E-state index is 0.561. The molecular weight excluding hydrogens is 260 g/mol. The maximum absolute atomic E-state index is 4.50. The second-order valence-corrected chi connectivity index (χ2v) is 5.75. The van der Waals surface area contributed by atoms with Crippen molar-refractivity contribution >= 4 is 17.3 Å². The summed E-state index contributed by atoms with van der Waals surface area (Å²) < 4.78 is 0. The zero-order valence-corrected chi connectivity index (χ0v) is 12.7. The number of aromatic nitrogens is 2. The van der Waals surface area contributed by atoms with Gasteiger partial charge in [-0.2, -0.15) is 0 Å². The van der Waals surface area contributed by atoms with Crippen molar-refractivity contribution in [3.63, 3.8) is 0 Å². The zero-order valence-electron chi connectivity index (χ0n) is 12.7. The molecule has 1 saturated carbocycles. The summed E-state index contributed by atoms with van der Waals surface area (Å²) in [6.07, 6.45) is 5.11. The van der Waals surface area contributed by atoms with Gasteiger partial charge in [0.15, 0.2) is 0 Å². The largest absolute Gasteiger partial charge is 0.367 e. The van der Waals surface area contributed by atoms with Crippen LogP contribution in [0.4, 0.5) is 17.3 Å². The maximum atomic E-state index is 4.50. The number of rotatable bonds is 4. The molecular formula is C17H22N4. The van der Waals surface area contributed by atoms with Crippen LogP contribution in [-0.4, -0.2) is 16.0 Å². The molecule has 3 rings (SSSR count). The van der Waals surface area contributed by atoms with E-state index in [1.807, 2.05) is 25.1 Å². The summed E-state index contributed by atoms with van der Waals surface area (Å²) in [5, 5.41) is 6.92. The Bertz CT molecular complexity index is 618. The Morgan fingerprint density at radius 1 is 1.00 bits per heavy atom. The Morgan fingerprint density at radius 3 is 2.48 bits per heavy atom. The first kappa shape index (κ1) is 13.9. The minimum Gasteiger partial charge on any atom is -0.367 e. The molecule has 1 fully saturated rings. The van der Waals surface area contributed by atoms with Gasteiger partial charge in [-0.05, 0) is 38.3 Å². The van der Waals surface area contributed by atoms with E-state index >= 15 is 0 Å². The molecule has 0 spiro atoms. The van der Waals surface area contributed by atoms with Crippen LogP contribution in [0.5, 0.6) is 0 Å². The van der Waals surface area contributed by atoms with E-state index in [1.54, 1.807) is 0 Å². The van der Waals surface area contributed by atoms with Crippen LogP contribution in [0.15, 0.2) is 30.3 Å². The Labute approximate surface area is 126 Å². The topological polar surface area (TPSA) is 49.8 Å². The maximum Gasteiger partial charge on any atom is 0.136 e. The molecule has 110 valence electrons. The number of benzene rings is 1. The fourth-order valence-corrected chi connectivity index (χ4v) is 2.84. The second-order valence-electron chi connectivity index (χ2n) is 5.75. The van der Waals surface area contributed by atoms with Crippen LogP contribution in [0.25, 0.3) is 0 Å². The third kappa shape index (κ3) is 3.51. The predicted octanol–water partition coefficient (Wildman–Crippen LogP) is 4.19. The number of aryl methyl sites for hydroxylation is 2. The third-order valence-corrected chi connectivity index (χ3v) is 3.95. The smallest absolute Gasteiger partial charge is 0.136 e. The monoisotopic (exact) mass is 282 g/mol. The molecule has 2 aromatic rings. The van der Waals surface area contributed by atoms with Crippen LogP contribution < -0.4 is 10.6 Å². The molecule has 1 aliphatic rings. The highest BCUT2D eigenvalue weighted by atomic mass is 15.1. The van der Waals surface area contributed by atoms with E-state index in [-0.39, 0.29) is 0 Å². The van der Waals surface area contributed by atoms with Crippen LogP contribution in [0.1, 0.15) is 37.1 Å². The molecule has 0 amide bonds. The van der Waals surface area contributed by atoms with Crippen LogP contribution in [0, 0.1) is 13.8 Å². The Kier molecular flexibility index (Phi) is 4.04. The van der Waals surface area contributed by atoms with Crippen LogP contribution in [0.3, 0.4) is 0 Å². The minimum absolute atomic E-state index is 0.561. The van der Waals surface area contributed by atoms with Gasteiger partial charge in [0.1, 0.15) is 17.5 Å². The van der Waals surface area contributed by atoms with Crippen LogP contribution in [-0.2, 0) is 0 Å². The number of hydrogen-bond donors (Lipinski definition) is 2. The number of hydrogen-bond acceptors (Lipinski definition) is 4. The fraction of sp³-hybridized carbons (Fsp3) is 0.412. The lowest BCUT2D eigenvalue weighted by molar-refractivity contribution is 0.748. The van der Waals surface area contributed by atoms with Crippen molar-refractivity contribution < 1.29 is 0 Å². The van der Waals surface area contributed by atoms with E-state index in [9.17, 15) is 0 Å². The summed E-state index contributed by atoms with van der Waals surface area (Å²) in [5.74, 6) is 2.55. The van der Waals surface area contributed by atoms with Gasteiger partial charge in [0.05, 0.1) is 0 Å². The number of nitrogens with zero attached hydrogens (tertiary/aromatic N) is 2. The van der Waals surface area contributed by atoms with Gasteiger partial charge < -0.3 is 10.6 Å². The van der Waals surface area contributed by atoms with E-state index in [4.69, 9.17) is 0 Å².